The number of carbonyl (C=O) groups excluding carboxylic acids is 2. The summed E-state index contributed by atoms with van der Waals surface area (Å²) in [4.78, 5) is 25.5. The zero-order valence-electron chi connectivity index (χ0n) is 12.0. The van der Waals surface area contributed by atoms with E-state index >= 15 is 0 Å². The van der Waals surface area contributed by atoms with Crippen molar-refractivity contribution in [3.63, 3.8) is 0 Å². The summed E-state index contributed by atoms with van der Waals surface area (Å²) in [6, 6.07) is 14.7. The first-order valence-electron chi connectivity index (χ1n) is 6.84. The zero-order chi connectivity index (χ0) is 15.5. The number of benzene rings is 2. The first-order chi connectivity index (χ1) is 10.7. The van der Waals surface area contributed by atoms with Gasteiger partial charge in [-0.3, -0.25) is 9.59 Å². The SMILES string of the molecule is CSc1ccc(COC2=CC(=O)c3ccccc3C2=O)cc1. The molecule has 0 atom stereocenters. The highest BCUT2D eigenvalue weighted by Gasteiger charge is 2.26. The number of fused-ring (bicyclic) bond motifs is 1. The summed E-state index contributed by atoms with van der Waals surface area (Å²) in [5.74, 6) is -0.323. The van der Waals surface area contributed by atoms with Gasteiger partial charge in [-0.15, -0.1) is 11.8 Å². The third-order valence-corrected chi connectivity index (χ3v) is 4.22. The smallest absolute Gasteiger partial charge is 0.228 e. The lowest BCUT2D eigenvalue weighted by Gasteiger charge is -2.15. The molecule has 0 fully saturated rings. The van der Waals surface area contributed by atoms with Crippen LogP contribution in [0.3, 0.4) is 0 Å². The molecule has 0 spiro atoms. The maximum atomic E-state index is 12.3. The number of ether oxygens (including phenoxy) is 1. The van der Waals surface area contributed by atoms with Gasteiger partial charge in [-0.25, -0.2) is 0 Å². The van der Waals surface area contributed by atoms with E-state index in [4.69, 9.17) is 4.74 Å². The highest BCUT2D eigenvalue weighted by atomic mass is 32.2. The van der Waals surface area contributed by atoms with E-state index in [1.165, 1.54) is 11.0 Å². The van der Waals surface area contributed by atoms with Crippen LogP contribution in [-0.2, 0) is 11.3 Å². The van der Waals surface area contributed by atoms with Gasteiger partial charge in [0.15, 0.2) is 11.5 Å². The van der Waals surface area contributed by atoms with Gasteiger partial charge >= 0.3 is 0 Å². The highest BCUT2D eigenvalue weighted by Crippen LogP contribution is 2.23. The molecule has 2 aromatic carbocycles. The van der Waals surface area contributed by atoms with Crippen LogP contribution in [0.25, 0.3) is 0 Å². The Morgan fingerprint density at radius 1 is 0.955 bits per heavy atom. The molecule has 3 rings (SSSR count). The van der Waals surface area contributed by atoms with Gasteiger partial charge in [-0.05, 0) is 24.0 Å². The number of hydrogen-bond acceptors (Lipinski definition) is 4. The van der Waals surface area contributed by atoms with E-state index in [1.807, 2.05) is 30.5 Å². The molecule has 0 bridgehead atoms. The topological polar surface area (TPSA) is 43.4 Å². The second-order valence-electron chi connectivity index (χ2n) is 4.88. The lowest BCUT2D eigenvalue weighted by molar-refractivity contribution is 0.0870. The van der Waals surface area contributed by atoms with Crippen molar-refractivity contribution in [3.05, 3.63) is 77.1 Å². The number of carbonyl (C=O) groups is 2. The number of thioether (sulfide) groups is 1. The average molecular weight is 310 g/mol. The predicted octanol–water partition coefficient (Wildman–Crippen LogP) is 3.89. The minimum Gasteiger partial charge on any atom is -0.485 e. The van der Waals surface area contributed by atoms with Gasteiger partial charge < -0.3 is 4.74 Å². The quantitative estimate of drug-likeness (QED) is 0.804. The van der Waals surface area contributed by atoms with Crippen molar-refractivity contribution in [3.8, 4) is 0 Å². The van der Waals surface area contributed by atoms with Gasteiger partial charge in [0.05, 0.1) is 0 Å². The van der Waals surface area contributed by atoms with E-state index in [2.05, 4.69) is 0 Å². The molecule has 0 saturated carbocycles. The average Bonchev–Trinajstić information content (AvgIpc) is 2.57. The molecule has 0 aromatic heterocycles. The minimum absolute atomic E-state index is 0.109. The van der Waals surface area contributed by atoms with Crippen molar-refractivity contribution < 1.29 is 14.3 Å². The molecule has 3 nitrogen and oxygen atoms in total. The van der Waals surface area contributed by atoms with E-state index in [9.17, 15) is 9.59 Å². The largest absolute Gasteiger partial charge is 0.485 e. The maximum Gasteiger partial charge on any atom is 0.228 e. The third-order valence-electron chi connectivity index (χ3n) is 3.48. The Balaban J connectivity index is 1.76. The minimum atomic E-state index is -0.240. The second kappa shape index (κ2) is 6.20. The third kappa shape index (κ3) is 2.83. The molecule has 2 aromatic rings. The fourth-order valence-corrected chi connectivity index (χ4v) is 2.69. The number of ketones is 2. The Morgan fingerprint density at radius 3 is 2.32 bits per heavy atom. The summed E-state index contributed by atoms with van der Waals surface area (Å²) in [7, 11) is 0. The summed E-state index contributed by atoms with van der Waals surface area (Å²) in [5, 5.41) is 0. The van der Waals surface area contributed by atoms with Crippen molar-refractivity contribution in [1.29, 1.82) is 0 Å². The standard InChI is InChI=1S/C18H14O3S/c1-22-13-8-6-12(7-9-13)11-21-17-10-16(19)14-4-2-3-5-15(14)18(17)20/h2-10H,11H2,1H3. The maximum absolute atomic E-state index is 12.3. The molecule has 0 unspecified atom stereocenters. The molecule has 0 heterocycles. The van der Waals surface area contributed by atoms with E-state index < -0.39 is 0 Å². The Kier molecular flexibility index (Phi) is 4.11. The van der Waals surface area contributed by atoms with Crippen LogP contribution in [0.4, 0.5) is 0 Å². The molecule has 1 aliphatic carbocycles. The number of hydrogen-bond donors (Lipinski definition) is 0. The molecule has 0 aliphatic heterocycles. The van der Waals surface area contributed by atoms with Gasteiger partial charge in [0.25, 0.3) is 0 Å². The van der Waals surface area contributed by atoms with E-state index in [0.29, 0.717) is 11.1 Å². The van der Waals surface area contributed by atoms with Gasteiger partial charge in [0.2, 0.25) is 5.78 Å². The molecule has 4 heteroatoms. The first-order valence-corrected chi connectivity index (χ1v) is 8.07. The van der Waals surface area contributed by atoms with Gasteiger partial charge in [0.1, 0.15) is 6.61 Å². The molecule has 0 radical (unpaired) electrons. The molecular formula is C18H14O3S. The van der Waals surface area contributed by atoms with Crippen molar-refractivity contribution in [2.45, 2.75) is 11.5 Å². The number of allylic oxidation sites excluding steroid dienone is 2. The normalized spacial score (nSPS) is 13.6. The van der Waals surface area contributed by atoms with E-state index in [0.717, 1.165) is 5.56 Å². The fraction of sp³-hybridized carbons (Fsp3) is 0.111. The summed E-state index contributed by atoms with van der Waals surface area (Å²) >= 11 is 1.67. The van der Waals surface area contributed by atoms with Crippen LogP contribution < -0.4 is 0 Å². The number of Topliss-reactive ketones (excluding diaryl/α,β-unsaturated/α-hetero) is 1. The molecule has 1 aliphatic rings. The molecule has 22 heavy (non-hydrogen) atoms. The van der Waals surface area contributed by atoms with Crippen LogP contribution in [0, 0.1) is 0 Å². The van der Waals surface area contributed by atoms with Crippen LogP contribution in [-0.4, -0.2) is 17.8 Å². The van der Waals surface area contributed by atoms with Crippen LogP contribution in [0.2, 0.25) is 0 Å². The van der Waals surface area contributed by atoms with Crippen molar-refractivity contribution >= 4 is 23.3 Å². The first kappa shape index (κ1) is 14.6. The van der Waals surface area contributed by atoms with Crippen molar-refractivity contribution in [1.82, 2.24) is 0 Å². The summed E-state index contributed by atoms with van der Waals surface area (Å²) < 4.78 is 5.57. The van der Waals surface area contributed by atoms with E-state index in [-0.39, 0.29) is 23.9 Å². The second-order valence-corrected chi connectivity index (χ2v) is 5.76. The van der Waals surface area contributed by atoms with E-state index in [1.54, 1.807) is 36.0 Å². The molecule has 0 amide bonds. The van der Waals surface area contributed by atoms with Gasteiger partial charge in [-0.1, -0.05) is 36.4 Å². The Morgan fingerprint density at radius 2 is 1.64 bits per heavy atom. The van der Waals surface area contributed by atoms with Crippen LogP contribution in [0.5, 0.6) is 0 Å². The lowest BCUT2D eigenvalue weighted by Crippen LogP contribution is -2.18. The van der Waals surface area contributed by atoms with Crippen molar-refractivity contribution in [2.24, 2.45) is 0 Å². The van der Waals surface area contributed by atoms with Crippen LogP contribution in [0.15, 0.2) is 65.3 Å². The monoisotopic (exact) mass is 310 g/mol. The number of rotatable bonds is 4. The predicted molar refractivity (Wildman–Crippen MR) is 86.2 cm³/mol. The molecule has 110 valence electrons. The Bertz CT molecular complexity index is 760. The fourth-order valence-electron chi connectivity index (χ4n) is 2.28. The molecule has 0 N–H and O–H groups in total. The van der Waals surface area contributed by atoms with Crippen LogP contribution in [0.1, 0.15) is 26.3 Å². The van der Waals surface area contributed by atoms with Crippen molar-refractivity contribution in [2.75, 3.05) is 6.26 Å². The summed E-state index contributed by atoms with van der Waals surface area (Å²) in [5.41, 5.74) is 1.80. The summed E-state index contributed by atoms with van der Waals surface area (Å²) in [6.45, 7) is 0.266. The van der Waals surface area contributed by atoms with Gasteiger partial charge in [0, 0.05) is 22.1 Å². The molecule has 0 saturated heterocycles. The Hall–Kier alpha value is -2.33. The molecular weight excluding hydrogens is 296 g/mol. The lowest BCUT2D eigenvalue weighted by atomic mass is 9.94. The Labute approximate surface area is 133 Å². The highest BCUT2D eigenvalue weighted by molar-refractivity contribution is 7.98. The van der Waals surface area contributed by atoms with Crippen LogP contribution >= 0.6 is 11.8 Å². The van der Waals surface area contributed by atoms with Gasteiger partial charge in [-0.2, -0.15) is 0 Å². The summed E-state index contributed by atoms with van der Waals surface area (Å²) in [6.07, 6.45) is 3.29. The zero-order valence-corrected chi connectivity index (χ0v) is 12.9.